The molecule has 94 valence electrons. The molecule has 1 aromatic heterocycles. The number of hydrogen-bond donors (Lipinski definition) is 1. The predicted octanol–water partition coefficient (Wildman–Crippen LogP) is 1.70. The number of rotatable bonds is 4. The van der Waals surface area contributed by atoms with Crippen molar-refractivity contribution < 1.29 is 0 Å². The van der Waals surface area contributed by atoms with Gasteiger partial charge >= 0.3 is 0 Å². The summed E-state index contributed by atoms with van der Waals surface area (Å²) in [7, 11) is 0. The quantitative estimate of drug-likeness (QED) is 0.888. The van der Waals surface area contributed by atoms with Crippen molar-refractivity contribution in [1.82, 2.24) is 20.2 Å². The summed E-state index contributed by atoms with van der Waals surface area (Å²) in [5.41, 5.74) is 0.995. The first-order valence-electron chi connectivity index (χ1n) is 6.20. The van der Waals surface area contributed by atoms with E-state index in [2.05, 4.69) is 27.1 Å². The molecule has 2 heterocycles. The van der Waals surface area contributed by atoms with Gasteiger partial charge < -0.3 is 5.32 Å². The van der Waals surface area contributed by atoms with Gasteiger partial charge in [-0.1, -0.05) is 18.5 Å². The van der Waals surface area contributed by atoms with E-state index in [0.717, 1.165) is 31.9 Å². The lowest BCUT2D eigenvalue weighted by Crippen LogP contribution is -2.42. The third kappa shape index (κ3) is 3.63. The van der Waals surface area contributed by atoms with Crippen molar-refractivity contribution in [1.29, 1.82) is 0 Å². The molecule has 0 aromatic carbocycles. The summed E-state index contributed by atoms with van der Waals surface area (Å²) in [4.78, 5) is 10.9. The van der Waals surface area contributed by atoms with Gasteiger partial charge in [-0.15, -0.1) is 0 Å². The first kappa shape index (κ1) is 12.7. The molecule has 2 rings (SSSR count). The zero-order chi connectivity index (χ0) is 12.1. The lowest BCUT2D eigenvalue weighted by Gasteiger charge is -2.33. The molecule has 1 N–H and O–H groups in total. The van der Waals surface area contributed by atoms with Crippen LogP contribution in [-0.4, -0.2) is 40.5 Å². The molecule has 0 spiro atoms. The maximum absolute atomic E-state index is 5.74. The van der Waals surface area contributed by atoms with Gasteiger partial charge in [-0.25, -0.2) is 4.98 Å². The SMILES string of the molecule is CCN(Cc1cnc(Cl)cn1)C1CCNCC1. The van der Waals surface area contributed by atoms with E-state index in [-0.39, 0.29) is 0 Å². The highest BCUT2D eigenvalue weighted by Crippen LogP contribution is 2.14. The van der Waals surface area contributed by atoms with Gasteiger partial charge in [0.15, 0.2) is 0 Å². The molecule has 0 amide bonds. The molecule has 1 aliphatic rings. The normalized spacial score (nSPS) is 17.6. The summed E-state index contributed by atoms with van der Waals surface area (Å²) in [6.45, 7) is 6.35. The molecule has 1 aromatic rings. The molecule has 5 heteroatoms. The highest BCUT2D eigenvalue weighted by atomic mass is 35.5. The molecule has 1 fully saturated rings. The lowest BCUT2D eigenvalue weighted by molar-refractivity contribution is 0.160. The van der Waals surface area contributed by atoms with Crippen LogP contribution in [0.5, 0.6) is 0 Å². The minimum absolute atomic E-state index is 0.457. The number of hydrogen-bond acceptors (Lipinski definition) is 4. The topological polar surface area (TPSA) is 41.1 Å². The van der Waals surface area contributed by atoms with E-state index in [9.17, 15) is 0 Å². The summed E-state index contributed by atoms with van der Waals surface area (Å²) in [5, 5.41) is 3.85. The van der Waals surface area contributed by atoms with E-state index in [1.54, 1.807) is 12.4 Å². The van der Waals surface area contributed by atoms with Crippen LogP contribution in [0.3, 0.4) is 0 Å². The number of nitrogens with zero attached hydrogens (tertiary/aromatic N) is 3. The van der Waals surface area contributed by atoms with Gasteiger partial charge in [0.2, 0.25) is 0 Å². The fourth-order valence-corrected chi connectivity index (χ4v) is 2.40. The van der Waals surface area contributed by atoms with Crippen LogP contribution in [0.4, 0.5) is 0 Å². The average molecular weight is 255 g/mol. The van der Waals surface area contributed by atoms with Gasteiger partial charge in [0.1, 0.15) is 5.15 Å². The Labute approximate surface area is 107 Å². The average Bonchev–Trinajstić information content (AvgIpc) is 2.39. The summed E-state index contributed by atoms with van der Waals surface area (Å²) in [5.74, 6) is 0. The van der Waals surface area contributed by atoms with E-state index < -0.39 is 0 Å². The lowest BCUT2D eigenvalue weighted by atomic mass is 10.0. The number of nitrogens with one attached hydrogen (secondary N) is 1. The Morgan fingerprint density at radius 3 is 2.71 bits per heavy atom. The van der Waals surface area contributed by atoms with Crippen molar-refractivity contribution in [3.8, 4) is 0 Å². The molecular weight excluding hydrogens is 236 g/mol. The third-order valence-corrected chi connectivity index (χ3v) is 3.47. The van der Waals surface area contributed by atoms with E-state index in [1.165, 1.54) is 12.8 Å². The van der Waals surface area contributed by atoms with Crippen molar-refractivity contribution in [2.45, 2.75) is 32.4 Å². The summed E-state index contributed by atoms with van der Waals surface area (Å²) in [6, 6.07) is 0.665. The second-order valence-electron chi connectivity index (χ2n) is 4.37. The smallest absolute Gasteiger partial charge is 0.147 e. The Morgan fingerprint density at radius 1 is 1.35 bits per heavy atom. The molecule has 4 nitrogen and oxygen atoms in total. The molecule has 0 unspecified atom stereocenters. The zero-order valence-electron chi connectivity index (χ0n) is 10.2. The number of piperidine rings is 1. The molecule has 1 saturated heterocycles. The highest BCUT2D eigenvalue weighted by Gasteiger charge is 2.19. The second kappa shape index (κ2) is 6.28. The van der Waals surface area contributed by atoms with Crippen LogP contribution in [0, 0.1) is 0 Å². The minimum atomic E-state index is 0.457. The van der Waals surface area contributed by atoms with E-state index >= 15 is 0 Å². The van der Waals surface area contributed by atoms with E-state index in [4.69, 9.17) is 11.6 Å². The Kier molecular flexibility index (Phi) is 4.71. The monoisotopic (exact) mass is 254 g/mol. The van der Waals surface area contributed by atoms with Crippen LogP contribution in [-0.2, 0) is 6.54 Å². The maximum atomic E-state index is 5.74. The molecule has 1 aliphatic heterocycles. The van der Waals surface area contributed by atoms with Gasteiger partial charge in [0, 0.05) is 12.6 Å². The molecule has 0 bridgehead atoms. The predicted molar refractivity (Wildman–Crippen MR) is 69.0 cm³/mol. The van der Waals surface area contributed by atoms with Gasteiger partial charge in [0.25, 0.3) is 0 Å². The van der Waals surface area contributed by atoms with Crippen LogP contribution in [0.2, 0.25) is 5.15 Å². The molecule has 0 saturated carbocycles. The number of halogens is 1. The van der Waals surface area contributed by atoms with Crippen molar-refractivity contribution in [2.24, 2.45) is 0 Å². The minimum Gasteiger partial charge on any atom is -0.317 e. The molecule has 0 atom stereocenters. The van der Waals surface area contributed by atoms with Crippen LogP contribution in [0.25, 0.3) is 0 Å². The highest BCUT2D eigenvalue weighted by molar-refractivity contribution is 6.29. The van der Waals surface area contributed by atoms with Crippen molar-refractivity contribution in [3.63, 3.8) is 0 Å². The van der Waals surface area contributed by atoms with Crippen molar-refractivity contribution >= 4 is 11.6 Å². The summed E-state index contributed by atoms with van der Waals surface area (Å²) >= 11 is 5.74. The van der Waals surface area contributed by atoms with E-state index in [0.29, 0.717) is 11.2 Å². The van der Waals surface area contributed by atoms with Crippen molar-refractivity contribution in [3.05, 3.63) is 23.2 Å². The molecule has 17 heavy (non-hydrogen) atoms. The fourth-order valence-electron chi connectivity index (χ4n) is 2.30. The van der Waals surface area contributed by atoms with Crippen LogP contribution in [0.15, 0.2) is 12.4 Å². The second-order valence-corrected chi connectivity index (χ2v) is 4.76. The Balaban J connectivity index is 1.96. The molecular formula is C12H19ClN4. The Morgan fingerprint density at radius 2 is 2.12 bits per heavy atom. The van der Waals surface area contributed by atoms with E-state index in [1.807, 2.05) is 0 Å². The largest absolute Gasteiger partial charge is 0.317 e. The Bertz CT molecular complexity index is 335. The first-order valence-corrected chi connectivity index (χ1v) is 6.58. The first-order chi connectivity index (χ1) is 8.29. The molecule has 0 radical (unpaired) electrons. The standard InChI is InChI=1S/C12H19ClN4/c1-2-17(11-3-5-14-6-4-11)9-10-7-16-12(13)8-15-10/h7-8,11,14H,2-6,9H2,1H3. The van der Waals surface area contributed by atoms with Gasteiger partial charge in [0.05, 0.1) is 18.1 Å². The molecule has 0 aliphatic carbocycles. The van der Waals surface area contributed by atoms with Gasteiger partial charge in [-0.2, -0.15) is 0 Å². The fraction of sp³-hybridized carbons (Fsp3) is 0.667. The summed E-state index contributed by atoms with van der Waals surface area (Å²) < 4.78 is 0. The van der Waals surface area contributed by atoms with Gasteiger partial charge in [-0.3, -0.25) is 9.88 Å². The zero-order valence-corrected chi connectivity index (χ0v) is 11.0. The third-order valence-electron chi connectivity index (χ3n) is 3.27. The van der Waals surface area contributed by atoms with Crippen molar-refractivity contribution in [2.75, 3.05) is 19.6 Å². The summed E-state index contributed by atoms with van der Waals surface area (Å²) in [6.07, 6.45) is 5.82. The Hall–Kier alpha value is -0.710. The number of aromatic nitrogens is 2. The van der Waals surface area contributed by atoms with Crippen LogP contribution < -0.4 is 5.32 Å². The van der Waals surface area contributed by atoms with Crippen LogP contribution >= 0.6 is 11.6 Å². The van der Waals surface area contributed by atoms with Gasteiger partial charge in [-0.05, 0) is 32.5 Å². The van der Waals surface area contributed by atoms with Crippen LogP contribution in [0.1, 0.15) is 25.5 Å². The maximum Gasteiger partial charge on any atom is 0.147 e.